The highest BCUT2D eigenvalue weighted by Crippen LogP contribution is 2.24. The van der Waals surface area contributed by atoms with Crippen LogP contribution in [0.2, 0.25) is 5.15 Å². The van der Waals surface area contributed by atoms with Crippen molar-refractivity contribution in [1.29, 1.82) is 0 Å². The van der Waals surface area contributed by atoms with Crippen molar-refractivity contribution in [3.8, 4) is 0 Å². The number of hydrogen-bond donors (Lipinski definition) is 1. The van der Waals surface area contributed by atoms with Crippen molar-refractivity contribution in [1.82, 2.24) is 9.88 Å². The van der Waals surface area contributed by atoms with Crippen LogP contribution in [0.25, 0.3) is 10.9 Å². The number of fused-ring (bicyclic) bond motifs is 1. The van der Waals surface area contributed by atoms with Gasteiger partial charge in [-0.05, 0) is 18.6 Å². The van der Waals surface area contributed by atoms with E-state index in [2.05, 4.69) is 4.98 Å². The van der Waals surface area contributed by atoms with Crippen molar-refractivity contribution < 1.29 is 18.3 Å². The Hall–Kier alpha value is -1.37. The van der Waals surface area contributed by atoms with Crippen LogP contribution < -0.4 is 0 Å². The third kappa shape index (κ3) is 4.83. The van der Waals surface area contributed by atoms with Crippen molar-refractivity contribution >= 4 is 22.5 Å². The van der Waals surface area contributed by atoms with E-state index < -0.39 is 12.7 Å². The molecule has 1 aromatic heterocycles. The summed E-state index contributed by atoms with van der Waals surface area (Å²) in [6, 6.07) is 9.05. The molecule has 0 saturated carbocycles. The molecular formula is C15H16ClF3N2O. The molecule has 120 valence electrons. The number of aliphatic hydroxyl groups is 1. The number of halogens is 4. The fourth-order valence-corrected chi connectivity index (χ4v) is 2.46. The van der Waals surface area contributed by atoms with Gasteiger partial charge in [0, 0.05) is 30.6 Å². The fraction of sp³-hybridized carbons (Fsp3) is 0.400. The molecule has 0 bridgehead atoms. The van der Waals surface area contributed by atoms with E-state index in [1.165, 1.54) is 4.90 Å². The number of pyridine rings is 1. The maximum atomic E-state index is 12.6. The van der Waals surface area contributed by atoms with E-state index in [0.29, 0.717) is 11.1 Å². The zero-order chi connectivity index (χ0) is 16.2. The summed E-state index contributed by atoms with van der Waals surface area (Å²) in [7, 11) is 0. The first kappa shape index (κ1) is 17.0. The maximum absolute atomic E-state index is 12.6. The van der Waals surface area contributed by atoms with E-state index in [0.717, 1.165) is 5.39 Å². The van der Waals surface area contributed by atoms with Crippen LogP contribution in [0, 0.1) is 0 Å². The summed E-state index contributed by atoms with van der Waals surface area (Å²) in [5, 5.41) is 9.86. The number of aliphatic hydroxyl groups excluding tert-OH is 1. The highest BCUT2D eigenvalue weighted by Gasteiger charge is 2.30. The lowest BCUT2D eigenvalue weighted by molar-refractivity contribution is -0.147. The Morgan fingerprint density at radius 3 is 2.64 bits per heavy atom. The van der Waals surface area contributed by atoms with Gasteiger partial charge in [-0.25, -0.2) is 4.98 Å². The number of alkyl halides is 3. The fourth-order valence-electron chi connectivity index (χ4n) is 2.25. The van der Waals surface area contributed by atoms with Crippen LogP contribution >= 0.6 is 11.6 Å². The zero-order valence-corrected chi connectivity index (χ0v) is 12.5. The summed E-state index contributed by atoms with van der Waals surface area (Å²) in [4.78, 5) is 5.43. The summed E-state index contributed by atoms with van der Waals surface area (Å²) >= 11 is 6.08. The van der Waals surface area contributed by atoms with Crippen molar-refractivity contribution in [2.75, 3.05) is 19.7 Å². The minimum absolute atomic E-state index is 0.0379. The van der Waals surface area contributed by atoms with Gasteiger partial charge in [0.15, 0.2) is 0 Å². The number of para-hydroxylation sites is 1. The lowest BCUT2D eigenvalue weighted by Gasteiger charge is -2.23. The smallest absolute Gasteiger partial charge is 0.396 e. The third-order valence-corrected chi connectivity index (χ3v) is 3.51. The molecule has 0 saturated heterocycles. The number of benzene rings is 1. The topological polar surface area (TPSA) is 36.4 Å². The Balaban J connectivity index is 2.22. The van der Waals surface area contributed by atoms with Crippen molar-refractivity contribution in [3.63, 3.8) is 0 Å². The van der Waals surface area contributed by atoms with Crippen LogP contribution in [0.3, 0.4) is 0 Å². The van der Waals surface area contributed by atoms with Gasteiger partial charge in [-0.3, -0.25) is 4.90 Å². The summed E-state index contributed by atoms with van der Waals surface area (Å²) in [6.45, 7) is -1.02. The summed E-state index contributed by atoms with van der Waals surface area (Å²) in [5.41, 5.74) is 1.25. The van der Waals surface area contributed by atoms with Gasteiger partial charge in [0.05, 0.1) is 12.1 Å². The third-order valence-electron chi connectivity index (χ3n) is 3.18. The van der Waals surface area contributed by atoms with Crippen LogP contribution in [0.5, 0.6) is 0 Å². The second kappa shape index (κ2) is 7.26. The number of hydrogen-bond acceptors (Lipinski definition) is 3. The molecule has 7 heteroatoms. The second-order valence-electron chi connectivity index (χ2n) is 5.03. The Kier molecular flexibility index (Phi) is 5.61. The van der Waals surface area contributed by atoms with Gasteiger partial charge < -0.3 is 5.11 Å². The summed E-state index contributed by atoms with van der Waals surface area (Å²) < 4.78 is 37.9. The molecule has 3 nitrogen and oxygen atoms in total. The molecule has 0 spiro atoms. The maximum Gasteiger partial charge on any atom is 0.401 e. The summed E-state index contributed by atoms with van der Waals surface area (Å²) in [6.07, 6.45) is -4.03. The Morgan fingerprint density at radius 1 is 1.23 bits per heavy atom. The van der Waals surface area contributed by atoms with Gasteiger partial charge in [0.1, 0.15) is 5.15 Å². The first-order valence-corrected chi connectivity index (χ1v) is 7.21. The molecule has 1 heterocycles. The highest BCUT2D eigenvalue weighted by atomic mass is 35.5. The number of rotatable bonds is 6. The van der Waals surface area contributed by atoms with Crippen molar-refractivity contribution in [2.45, 2.75) is 19.1 Å². The molecule has 0 aliphatic carbocycles. The molecule has 1 aromatic carbocycles. The van der Waals surface area contributed by atoms with E-state index in [-0.39, 0.29) is 31.3 Å². The molecule has 0 amide bonds. The Bertz CT molecular complexity index is 634. The summed E-state index contributed by atoms with van der Waals surface area (Å²) in [5.74, 6) is 0. The van der Waals surface area contributed by atoms with Crippen LogP contribution in [0.15, 0.2) is 30.3 Å². The second-order valence-corrected chi connectivity index (χ2v) is 5.39. The number of nitrogens with zero attached hydrogens (tertiary/aromatic N) is 2. The molecule has 0 fully saturated rings. The molecule has 0 unspecified atom stereocenters. The van der Waals surface area contributed by atoms with E-state index in [1.54, 1.807) is 12.1 Å². The monoisotopic (exact) mass is 332 g/mol. The molecule has 0 atom stereocenters. The van der Waals surface area contributed by atoms with Crippen LogP contribution in [-0.2, 0) is 6.54 Å². The first-order chi connectivity index (χ1) is 10.4. The SMILES string of the molecule is OCCCN(Cc1cc2ccccc2nc1Cl)CC(F)(F)F. The number of aromatic nitrogens is 1. The molecule has 0 radical (unpaired) electrons. The average molecular weight is 333 g/mol. The molecule has 0 aliphatic rings. The highest BCUT2D eigenvalue weighted by molar-refractivity contribution is 6.30. The van der Waals surface area contributed by atoms with Gasteiger partial charge in [0.2, 0.25) is 0 Å². The van der Waals surface area contributed by atoms with Crippen LogP contribution in [-0.4, -0.2) is 40.9 Å². The van der Waals surface area contributed by atoms with Gasteiger partial charge in [0.25, 0.3) is 0 Å². The van der Waals surface area contributed by atoms with Crippen LogP contribution in [0.1, 0.15) is 12.0 Å². The lowest BCUT2D eigenvalue weighted by atomic mass is 10.1. The van der Waals surface area contributed by atoms with Gasteiger partial charge in [-0.15, -0.1) is 0 Å². The molecular weight excluding hydrogens is 317 g/mol. The van der Waals surface area contributed by atoms with Crippen molar-refractivity contribution in [3.05, 3.63) is 41.0 Å². The quantitative estimate of drug-likeness (QED) is 0.821. The van der Waals surface area contributed by atoms with E-state index >= 15 is 0 Å². The normalized spacial score (nSPS) is 12.3. The Morgan fingerprint density at radius 2 is 1.95 bits per heavy atom. The van der Waals surface area contributed by atoms with Crippen molar-refractivity contribution in [2.24, 2.45) is 0 Å². The predicted octanol–water partition coefficient (Wildman–Crippen LogP) is 3.63. The van der Waals surface area contributed by atoms with Gasteiger partial charge in [-0.2, -0.15) is 13.2 Å². The average Bonchev–Trinajstić information content (AvgIpc) is 2.44. The largest absolute Gasteiger partial charge is 0.401 e. The minimum atomic E-state index is -4.30. The molecule has 22 heavy (non-hydrogen) atoms. The lowest BCUT2D eigenvalue weighted by Crippen LogP contribution is -2.35. The van der Waals surface area contributed by atoms with E-state index in [4.69, 9.17) is 16.7 Å². The first-order valence-electron chi connectivity index (χ1n) is 6.83. The molecule has 2 aromatic rings. The van der Waals surface area contributed by atoms with E-state index in [1.807, 2.05) is 18.2 Å². The standard InChI is InChI=1S/C15H16ClF3N2O/c16-14-12(8-11-4-1-2-5-13(11)20-14)9-21(6-3-7-22)10-15(17,18)19/h1-2,4-5,8,22H,3,6-7,9-10H2. The molecule has 0 aliphatic heterocycles. The zero-order valence-electron chi connectivity index (χ0n) is 11.8. The van der Waals surface area contributed by atoms with Gasteiger partial charge in [-0.1, -0.05) is 29.8 Å². The van der Waals surface area contributed by atoms with Crippen LogP contribution in [0.4, 0.5) is 13.2 Å². The van der Waals surface area contributed by atoms with Gasteiger partial charge >= 0.3 is 6.18 Å². The Labute approximate surface area is 131 Å². The molecule has 1 N–H and O–H groups in total. The van der Waals surface area contributed by atoms with E-state index in [9.17, 15) is 13.2 Å². The molecule has 2 rings (SSSR count). The predicted molar refractivity (Wildman–Crippen MR) is 79.8 cm³/mol. The minimum Gasteiger partial charge on any atom is -0.396 e.